The van der Waals surface area contributed by atoms with E-state index in [9.17, 15) is 38.1 Å². The van der Waals surface area contributed by atoms with Gasteiger partial charge in [0.25, 0.3) is 11.5 Å². The van der Waals surface area contributed by atoms with E-state index in [0.29, 0.717) is 0 Å². The van der Waals surface area contributed by atoms with Gasteiger partial charge in [0.05, 0.1) is 17.6 Å². The van der Waals surface area contributed by atoms with Gasteiger partial charge in [0.2, 0.25) is 0 Å². The monoisotopic (exact) mass is 458 g/mol. The van der Waals surface area contributed by atoms with Gasteiger partial charge in [0, 0.05) is 18.4 Å². The lowest BCUT2D eigenvalue weighted by Gasteiger charge is -2.22. The average molecular weight is 458 g/mol. The molecule has 8 N–H and O–H groups in total. The van der Waals surface area contributed by atoms with Gasteiger partial charge in [-0.15, -0.1) is 0 Å². The fraction of sp³-hybridized carbons (Fsp3) is 0.353. The van der Waals surface area contributed by atoms with Crippen LogP contribution in [-0.2, 0) is 9.84 Å². The lowest BCUT2D eigenvalue weighted by atomic mass is 10.1. The zero-order chi connectivity index (χ0) is 23.3. The van der Waals surface area contributed by atoms with Gasteiger partial charge in [0.15, 0.2) is 9.84 Å². The van der Waals surface area contributed by atoms with Crippen molar-refractivity contribution in [3.63, 3.8) is 0 Å². The van der Waals surface area contributed by atoms with Crippen molar-refractivity contribution in [2.45, 2.75) is 23.2 Å². The number of aliphatic hydroxyl groups is 4. The molecule has 1 aromatic carbocycles. The van der Waals surface area contributed by atoms with E-state index in [1.807, 2.05) is 4.98 Å². The third-order valence-corrected chi connectivity index (χ3v) is 5.32. The number of nitrogens with one attached hydrogen (secondary N) is 4. The summed E-state index contributed by atoms with van der Waals surface area (Å²) in [6.07, 6.45) is -3.94. The summed E-state index contributed by atoms with van der Waals surface area (Å²) in [5.41, 5.74) is -2.29. The van der Waals surface area contributed by atoms with Gasteiger partial charge in [-0.2, -0.15) is 0 Å². The van der Waals surface area contributed by atoms with Crippen LogP contribution in [0, 0.1) is 0 Å². The Kier molecular flexibility index (Phi) is 7.70. The molecule has 2 rings (SSSR count). The van der Waals surface area contributed by atoms with Crippen molar-refractivity contribution < 1.29 is 33.6 Å². The standard InChI is InChI=1S/C17H22N4O9S/c1-31(29,30)9-4-2-8(3-5-9)15(26)19-12-14(20-17(28)21-16(12)27)18-6-10(23)13(25)11(24)7-22/h2-5,10-11,13,22-25H,6-7H2,1H3,(H,19,26)(H3,18,20,21,27,28)/t10-,11+,13-/m0/s1. The largest absolute Gasteiger partial charge is 0.394 e. The van der Waals surface area contributed by atoms with Gasteiger partial charge < -0.3 is 31.1 Å². The molecule has 0 spiro atoms. The van der Waals surface area contributed by atoms with E-state index in [0.717, 1.165) is 6.26 Å². The van der Waals surface area contributed by atoms with Crippen LogP contribution in [0.2, 0.25) is 0 Å². The van der Waals surface area contributed by atoms with Gasteiger partial charge in [-0.1, -0.05) is 0 Å². The van der Waals surface area contributed by atoms with Crippen LogP contribution in [0.1, 0.15) is 10.4 Å². The van der Waals surface area contributed by atoms with Crippen LogP contribution in [-0.4, -0.2) is 82.4 Å². The predicted molar refractivity (Wildman–Crippen MR) is 109 cm³/mol. The van der Waals surface area contributed by atoms with Crippen molar-refractivity contribution in [1.82, 2.24) is 9.97 Å². The molecule has 0 radical (unpaired) electrons. The molecule has 1 aromatic heterocycles. The minimum Gasteiger partial charge on any atom is -0.394 e. The molecule has 0 saturated carbocycles. The minimum absolute atomic E-state index is 0.00842. The van der Waals surface area contributed by atoms with Crippen molar-refractivity contribution in [3.05, 3.63) is 50.7 Å². The summed E-state index contributed by atoms with van der Waals surface area (Å²) >= 11 is 0. The van der Waals surface area contributed by atoms with Crippen LogP contribution in [0.15, 0.2) is 38.8 Å². The van der Waals surface area contributed by atoms with Crippen molar-refractivity contribution in [2.24, 2.45) is 0 Å². The van der Waals surface area contributed by atoms with E-state index in [1.165, 1.54) is 24.3 Å². The first-order chi connectivity index (χ1) is 14.4. The van der Waals surface area contributed by atoms with Gasteiger partial charge >= 0.3 is 5.69 Å². The highest BCUT2D eigenvalue weighted by Gasteiger charge is 2.24. The zero-order valence-corrected chi connectivity index (χ0v) is 17.0. The molecule has 0 aliphatic rings. The number of benzene rings is 1. The molecule has 14 heteroatoms. The molecule has 3 atom stereocenters. The molecular weight excluding hydrogens is 436 g/mol. The number of aliphatic hydroxyl groups excluding tert-OH is 4. The second kappa shape index (κ2) is 9.84. The highest BCUT2D eigenvalue weighted by molar-refractivity contribution is 7.90. The highest BCUT2D eigenvalue weighted by atomic mass is 32.2. The molecule has 0 aliphatic carbocycles. The summed E-state index contributed by atoms with van der Waals surface area (Å²) in [6, 6.07) is 4.89. The molecule has 2 aromatic rings. The summed E-state index contributed by atoms with van der Waals surface area (Å²) < 4.78 is 23.0. The first kappa shape index (κ1) is 24.2. The van der Waals surface area contributed by atoms with E-state index < -0.39 is 64.1 Å². The van der Waals surface area contributed by atoms with Crippen LogP contribution in [0.3, 0.4) is 0 Å². The minimum atomic E-state index is -3.47. The number of hydrogen-bond donors (Lipinski definition) is 8. The molecule has 1 heterocycles. The fourth-order valence-corrected chi connectivity index (χ4v) is 3.10. The summed E-state index contributed by atoms with van der Waals surface area (Å²) in [6.45, 7) is -1.27. The molecule has 0 saturated heterocycles. The van der Waals surface area contributed by atoms with Crippen LogP contribution >= 0.6 is 0 Å². The molecule has 0 bridgehead atoms. The first-order valence-electron chi connectivity index (χ1n) is 8.81. The smallest absolute Gasteiger partial charge is 0.327 e. The van der Waals surface area contributed by atoms with E-state index in [-0.39, 0.29) is 16.3 Å². The number of rotatable bonds is 9. The predicted octanol–water partition coefficient (Wildman–Crippen LogP) is -2.79. The van der Waals surface area contributed by atoms with Crippen LogP contribution < -0.4 is 21.9 Å². The maximum absolute atomic E-state index is 12.5. The quantitative estimate of drug-likeness (QED) is 0.193. The summed E-state index contributed by atoms with van der Waals surface area (Å²) in [5.74, 6) is -1.09. The molecule has 1 amide bonds. The molecule has 31 heavy (non-hydrogen) atoms. The second-order valence-electron chi connectivity index (χ2n) is 6.60. The van der Waals surface area contributed by atoms with Crippen LogP contribution in [0.25, 0.3) is 0 Å². The Hall–Kier alpha value is -3.04. The van der Waals surface area contributed by atoms with Crippen LogP contribution in [0.4, 0.5) is 11.5 Å². The maximum atomic E-state index is 12.5. The average Bonchev–Trinajstić information content (AvgIpc) is 2.72. The first-order valence-corrected chi connectivity index (χ1v) is 10.7. The Morgan fingerprint density at radius 1 is 1.06 bits per heavy atom. The van der Waals surface area contributed by atoms with Crippen molar-refractivity contribution in [1.29, 1.82) is 0 Å². The van der Waals surface area contributed by atoms with E-state index in [1.54, 1.807) is 0 Å². The van der Waals surface area contributed by atoms with E-state index >= 15 is 0 Å². The Morgan fingerprint density at radius 3 is 2.23 bits per heavy atom. The number of aromatic nitrogens is 2. The van der Waals surface area contributed by atoms with Gasteiger partial charge in [-0.3, -0.25) is 19.6 Å². The van der Waals surface area contributed by atoms with Gasteiger partial charge in [0.1, 0.15) is 23.7 Å². The number of carbonyl (C=O) groups excluding carboxylic acids is 1. The number of anilines is 2. The molecule has 0 aliphatic heterocycles. The number of carbonyl (C=O) groups is 1. The lowest BCUT2D eigenvalue weighted by Crippen LogP contribution is -2.43. The normalized spacial score (nSPS) is 14.5. The molecule has 170 valence electrons. The number of amides is 1. The van der Waals surface area contributed by atoms with Gasteiger partial charge in [-0.05, 0) is 24.3 Å². The Bertz CT molecular complexity index is 1140. The second-order valence-corrected chi connectivity index (χ2v) is 8.61. The highest BCUT2D eigenvalue weighted by Crippen LogP contribution is 2.15. The summed E-state index contributed by atoms with van der Waals surface area (Å²) in [5, 5.41) is 42.4. The third kappa shape index (κ3) is 6.22. The van der Waals surface area contributed by atoms with E-state index in [2.05, 4.69) is 15.6 Å². The molecule has 13 nitrogen and oxygen atoms in total. The topological polar surface area (TPSA) is 222 Å². The number of H-pyrrole nitrogens is 2. The fourth-order valence-electron chi connectivity index (χ4n) is 2.47. The maximum Gasteiger partial charge on any atom is 0.327 e. The summed E-state index contributed by atoms with van der Waals surface area (Å²) in [7, 11) is -3.47. The molecule has 0 unspecified atom stereocenters. The Balaban J connectivity index is 2.24. The summed E-state index contributed by atoms with van der Waals surface area (Å²) in [4.78, 5) is 40.3. The molecular formula is C17H22N4O9S. The SMILES string of the molecule is CS(=O)(=O)c1ccc(C(=O)Nc2c(NC[C@H](O)[C@H](O)[C@H](O)CO)[nH]c(=O)[nH]c2=O)cc1. The van der Waals surface area contributed by atoms with Crippen LogP contribution in [0.5, 0.6) is 0 Å². The number of sulfone groups is 1. The lowest BCUT2D eigenvalue weighted by molar-refractivity contribution is -0.0715. The van der Waals surface area contributed by atoms with Gasteiger partial charge in [-0.25, -0.2) is 13.2 Å². The Labute approximate surface area is 175 Å². The van der Waals surface area contributed by atoms with Crippen molar-refractivity contribution in [2.75, 3.05) is 30.0 Å². The third-order valence-electron chi connectivity index (χ3n) is 4.19. The number of aromatic amines is 2. The van der Waals surface area contributed by atoms with E-state index in [4.69, 9.17) is 5.11 Å². The number of hydrogen-bond acceptors (Lipinski definition) is 10. The molecule has 0 fully saturated rings. The Morgan fingerprint density at radius 2 is 1.68 bits per heavy atom. The zero-order valence-electron chi connectivity index (χ0n) is 16.2. The van der Waals surface area contributed by atoms with Crippen molar-refractivity contribution >= 4 is 27.2 Å². The van der Waals surface area contributed by atoms with Crippen molar-refractivity contribution in [3.8, 4) is 0 Å².